The van der Waals surface area contributed by atoms with Gasteiger partial charge in [0, 0.05) is 17.5 Å². The van der Waals surface area contributed by atoms with Crippen LogP contribution in [0, 0.1) is 29.1 Å². The zero-order valence-corrected chi connectivity index (χ0v) is 22.3. The minimum absolute atomic E-state index is 0.0907. The van der Waals surface area contributed by atoms with Gasteiger partial charge in [-0.3, -0.25) is 4.79 Å². The molecule has 0 bridgehead atoms. The van der Waals surface area contributed by atoms with E-state index in [1.165, 1.54) is 37.6 Å². The van der Waals surface area contributed by atoms with E-state index < -0.39 is 6.36 Å². The van der Waals surface area contributed by atoms with Crippen LogP contribution >= 0.6 is 0 Å². The lowest BCUT2D eigenvalue weighted by Gasteiger charge is -2.40. The lowest BCUT2D eigenvalue weighted by Crippen LogP contribution is -2.34. The van der Waals surface area contributed by atoms with E-state index in [0.29, 0.717) is 29.4 Å². The van der Waals surface area contributed by atoms with E-state index in [9.17, 15) is 18.0 Å². The molecule has 1 heterocycles. The first-order valence-electron chi connectivity index (χ1n) is 13.5. The van der Waals surface area contributed by atoms with Crippen LogP contribution in [0.25, 0.3) is 0 Å². The van der Waals surface area contributed by atoms with Gasteiger partial charge in [0.05, 0.1) is 19.2 Å². The third kappa shape index (κ3) is 4.90. The molecule has 4 unspecified atom stereocenters. The predicted molar refractivity (Wildman–Crippen MR) is 141 cm³/mol. The third-order valence-corrected chi connectivity index (χ3v) is 8.98. The van der Waals surface area contributed by atoms with Crippen LogP contribution in [0.1, 0.15) is 63.5 Å². The number of alkyl halides is 3. The molecule has 1 N–H and O–H groups in total. The average Bonchev–Trinajstić information content (AvgIpc) is 3.51. The molecule has 0 amide bonds. The summed E-state index contributed by atoms with van der Waals surface area (Å²) in [6, 6.07) is 11.9. The monoisotopic (exact) mass is 528 g/mol. The second-order valence-corrected chi connectivity index (χ2v) is 11.3. The summed E-state index contributed by atoms with van der Waals surface area (Å²) in [7, 11) is 1.38. The highest BCUT2D eigenvalue weighted by Gasteiger charge is 2.72. The van der Waals surface area contributed by atoms with Gasteiger partial charge in [0.15, 0.2) is 0 Å². The van der Waals surface area contributed by atoms with Crippen molar-refractivity contribution < 1.29 is 27.4 Å². The van der Waals surface area contributed by atoms with E-state index in [2.05, 4.69) is 36.9 Å². The van der Waals surface area contributed by atoms with Crippen molar-refractivity contribution >= 4 is 23.2 Å². The van der Waals surface area contributed by atoms with Gasteiger partial charge in [-0.15, -0.1) is 13.2 Å². The van der Waals surface area contributed by atoms with Crippen LogP contribution in [0.2, 0.25) is 0 Å². The molecule has 8 heteroatoms. The van der Waals surface area contributed by atoms with Gasteiger partial charge in [-0.1, -0.05) is 45.7 Å². The largest absolute Gasteiger partial charge is 0.573 e. The standard InChI is InChI=1S/C30H35F3N2O3/c1-5-18(3)23-13-6-17(2)16-29(23)26-22-12-7-19(15-25(36)37-4)14-24(22)35-28(27(26)29)34-20-8-10-21(11-9-20)38-30(31,32)33/h7-12,14,17-18,23,26-27H,5-6,13,15-16H2,1-4H3,(H,34,35)/t17-,18?,23+,26?,27?,29?/m1/s1. The predicted octanol–water partition coefficient (Wildman–Crippen LogP) is 7.64. The third-order valence-electron chi connectivity index (χ3n) is 8.98. The number of amidine groups is 1. The second-order valence-electron chi connectivity index (χ2n) is 11.3. The number of methoxy groups -OCH3 is 1. The van der Waals surface area contributed by atoms with Gasteiger partial charge < -0.3 is 14.8 Å². The molecule has 2 aromatic carbocycles. The number of halogens is 3. The fraction of sp³-hybridized carbons (Fsp3) is 0.533. The van der Waals surface area contributed by atoms with Crippen LogP contribution < -0.4 is 10.1 Å². The quantitative estimate of drug-likeness (QED) is 0.392. The zero-order valence-electron chi connectivity index (χ0n) is 22.3. The van der Waals surface area contributed by atoms with Gasteiger partial charge in [-0.05, 0) is 77.5 Å². The van der Waals surface area contributed by atoms with E-state index in [0.717, 1.165) is 29.9 Å². The average molecular weight is 529 g/mol. The Balaban J connectivity index is 1.52. The number of carbonyl (C=O) groups is 1. The van der Waals surface area contributed by atoms with Crippen molar-refractivity contribution in [1.29, 1.82) is 0 Å². The number of anilines is 1. The van der Waals surface area contributed by atoms with Crippen molar-refractivity contribution in [3.63, 3.8) is 0 Å². The molecule has 5 nitrogen and oxygen atoms in total. The summed E-state index contributed by atoms with van der Waals surface area (Å²) in [6.45, 7) is 6.95. The van der Waals surface area contributed by atoms with Crippen LogP contribution in [0.4, 0.5) is 24.5 Å². The number of carbonyl (C=O) groups excluding carboxylic acids is 1. The van der Waals surface area contributed by atoms with Gasteiger partial charge in [0.25, 0.3) is 0 Å². The number of rotatable bonds is 6. The Bertz CT molecular complexity index is 1230. The van der Waals surface area contributed by atoms with Crippen LogP contribution in [-0.2, 0) is 16.0 Å². The molecule has 2 aromatic rings. The van der Waals surface area contributed by atoms with Crippen LogP contribution in [0.3, 0.4) is 0 Å². The summed E-state index contributed by atoms with van der Waals surface area (Å²) in [4.78, 5) is 17.0. The Morgan fingerprint density at radius 2 is 1.89 bits per heavy atom. The van der Waals surface area contributed by atoms with Gasteiger partial charge in [-0.25, -0.2) is 4.99 Å². The summed E-state index contributed by atoms with van der Waals surface area (Å²) in [5, 5.41) is 3.46. The van der Waals surface area contributed by atoms with Crippen molar-refractivity contribution in [1.82, 2.24) is 0 Å². The van der Waals surface area contributed by atoms with E-state index in [4.69, 9.17) is 9.73 Å². The minimum atomic E-state index is -4.73. The maximum absolute atomic E-state index is 12.6. The summed E-state index contributed by atoms with van der Waals surface area (Å²) in [5.41, 5.74) is 3.68. The lowest BCUT2D eigenvalue weighted by atomic mass is 9.64. The Labute approximate surface area is 221 Å². The van der Waals surface area contributed by atoms with Crippen molar-refractivity contribution in [3.05, 3.63) is 53.6 Å². The maximum atomic E-state index is 12.6. The van der Waals surface area contributed by atoms with Crippen LogP contribution in [0.15, 0.2) is 47.5 Å². The minimum Gasteiger partial charge on any atom is -0.469 e. The molecule has 0 saturated heterocycles. The first-order valence-corrected chi connectivity index (χ1v) is 13.5. The Kier molecular flexibility index (Phi) is 6.95. The molecule has 38 heavy (non-hydrogen) atoms. The van der Waals surface area contributed by atoms with Gasteiger partial charge in [0.2, 0.25) is 0 Å². The SMILES string of the molecule is CCC(C)[C@@H]1CC[C@@H](C)CC12C1C(Nc3ccc(OC(F)(F)F)cc3)=Nc3cc(CC(=O)OC)ccc3C12. The molecule has 2 saturated carbocycles. The first-order chi connectivity index (χ1) is 18.1. The van der Waals surface area contributed by atoms with E-state index >= 15 is 0 Å². The highest BCUT2D eigenvalue weighted by molar-refractivity contribution is 6.04. The molecule has 1 spiro atoms. The second kappa shape index (κ2) is 9.93. The normalized spacial score (nSPS) is 28.6. The molecular formula is C30H35F3N2O3. The number of hydrogen-bond donors (Lipinski definition) is 1. The number of nitrogens with zero attached hydrogens (tertiary/aromatic N) is 1. The molecule has 3 aliphatic rings. The molecular weight excluding hydrogens is 493 g/mol. The van der Waals surface area contributed by atoms with E-state index in [1.54, 1.807) is 12.1 Å². The number of hydrogen-bond acceptors (Lipinski definition) is 5. The fourth-order valence-corrected chi connectivity index (χ4v) is 7.23. The maximum Gasteiger partial charge on any atom is 0.573 e. The lowest BCUT2D eigenvalue weighted by molar-refractivity contribution is -0.274. The van der Waals surface area contributed by atoms with Crippen molar-refractivity contribution in [3.8, 4) is 5.75 Å². The van der Waals surface area contributed by atoms with E-state index in [-0.39, 0.29) is 29.5 Å². The Morgan fingerprint density at radius 1 is 1.16 bits per heavy atom. The highest BCUT2D eigenvalue weighted by atomic mass is 19.4. The van der Waals surface area contributed by atoms with E-state index in [1.807, 2.05) is 12.1 Å². The molecule has 1 aliphatic heterocycles. The number of benzene rings is 2. The number of ether oxygens (including phenoxy) is 2. The van der Waals surface area contributed by atoms with Crippen molar-refractivity contribution in [2.45, 2.75) is 65.2 Å². The number of nitrogens with one attached hydrogen (secondary N) is 1. The van der Waals surface area contributed by atoms with Crippen LogP contribution in [-0.4, -0.2) is 25.3 Å². The van der Waals surface area contributed by atoms with Crippen LogP contribution in [0.5, 0.6) is 5.75 Å². The summed E-state index contributed by atoms with van der Waals surface area (Å²) < 4.78 is 46.8. The van der Waals surface area contributed by atoms with Crippen molar-refractivity contribution in [2.24, 2.45) is 34.1 Å². The summed E-state index contributed by atoms with van der Waals surface area (Å²) in [5.74, 6) is 2.58. The number of esters is 1. The molecule has 5 rings (SSSR count). The first kappa shape index (κ1) is 26.6. The summed E-state index contributed by atoms with van der Waals surface area (Å²) in [6.07, 6.45) is 0.0989. The topological polar surface area (TPSA) is 59.9 Å². The smallest absolute Gasteiger partial charge is 0.469 e. The molecule has 0 aromatic heterocycles. The zero-order chi connectivity index (χ0) is 27.2. The van der Waals surface area contributed by atoms with Gasteiger partial charge in [-0.2, -0.15) is 0 Å². The Morgan fingerprint density at radius 3 is 2.55 bits per heavy atom. The molecule has 6 atom stereocenters. The van der Waals surface area contributed by atoms with Crippen molar-refractivity contribution in [2.75, 3.05) is 12.4 Å². The molecule has 2 aliphatic carbocycles. The molecule has 204 valence electrons. The fourth-order valence-electron chi connectivity index (χ4n) is 7.23. The van der Waals surface area contributed by atoms with Gasteiger partial charge in [0.1, 0.15) is 11.6 Å². The Hall–Kier alpha value is -3.03. The van der Waals surface area contributed by atoms with Gasteiger partial charge >= 0.3 is 12.3 Å². The number of fused-ring (bicyclic) bond motifs is 5. The number of aliphatic imine (C=N–C) groups is 1. The highest BCUT2D eigenvalue weighted by Crippen LogP contribution is 2.77. The molecule has 2 fully saturated rings. The molecule has 0 radical (unpaired) electrons. The summed E-state index contributed by atoms with van der Waals surface area (Å²) >= 11 is 0.